The number of pyridine rings is 1. The van der Waals surface area contributed by atoms with Crippen molar-refractivity contribution in [2.24, 2.45) is 0 Å². The van der Waals surface area contributed by atoms with Gasteiger partial charge in [0.2, 0.25) is 0 Å². The Balaban J connectivity index is 1.60. The van der Waals surface area contributed by atoms with Gasteiger partial charge in [-0.15, -0.1) is 0 Å². The molecule has 0 saturated carbocycles. The number of fused-ring (bicyclic) bond motifs is 5. The van der Waals surface area contributed by atoms with Crippen molar-refractivity contribution in [2.45, 2.75) is 25.7 Å². The van der Waals surface area contributed by atoms with Crippen molar-refractivity contribution in [1.29, 1.82) is 0 Å². The van der Waals surface area contributed by atoms with E-state index in [1.54, 1.807) is 18.0 Å². The predicted octanol–water partition coefficient (Wildman–Crippen LogP) is 3.14. The molecule has 4 aromatic rings. The van der Waals surface area contributed by atoms with E-state index < -0.39 is 0 Å². The highest BCUT2D eigenvalue weighted by Gasteiger charge is 2.30. The lowest BCUT2D eigenvalue weighted by Gasteiger charge is -2.25. The maximum Gasteiger partial charge on any atom is 0.279 e. The molecule has 32 heavy (non-hydrogen) atoms. The summed E-state index contributed by atoms with van der Waals surface area (Å²) in [5, 5.41) is 1.13. The van der Waals surface area contributed by atoms with Crippen LogP contribution in [0.1, 0.15) is 24.0 Å². The molecular weight excluding hydrogens is 424 g/mol. The third-order valence-electron chi connectivity index (χ3n) is 6.56. The zero-order chi connectivity index (χ0) is 21.7. The van der Waals surface area contributed by atoms with E-state index in [0.717, 1.165) is 54.9 Å². The molecular formula is C24H25N4O3S+. The maximum atomic E-state index is 13.6. The van der Waals surface area contributed by atoms with Crippen LogP contribution in [0.3, 0.4) is 0 Å². The zero-order valence-corrected chi connectivity index (χ0v) is 18.8. The number of aryl methyl sites for hydroxylation is 1. The molecule has 0 radical (unpaired) electrons. The second-order valence-electron chi connectivity index (χ2n) is 8.31. The number of methoxy groups -OCH3 is 1. The molecule has 1 aliphatic carbocycles. The number of anilines is 1. The van der Waals surface area contributed by atoms with E-state index in [9.17, 15) is 4.79 Å². The van der Waals surface area contributed by atoms with E-state index >= 15 is 0 Å². The minimum Gasteiger partial charge on any atom is -0.495 e. The Bertz CT molecular complexity index is 1390. The summed E-state index contributed by atoms with van der Waals surface area (Å²) in [4.78, 5) is 25.5. The van der Waals surface area contributed by atoms with Crippen LogP contribution in [0, 0.1) is 0 Å². The summed E-state index contributed by atoms with van der Waals surface area (Å²) in [6.07, 6.45) is 6.09. The third-order valence-corrected chi connectivity index (χ3v) is 7.64. The van der Waals surface area contributed by atoms with Gasteiger partial charge >= 0.3 is 0 Å². The van der Waals surface area contributed by atoms with Crippen LogP contribution in [-0.2, 0) is 17.6 Å². The molecule has 4 heterocycles. The SMILES string of the molecule is COc1ccccc1-n1cnc2c(sc3[nH+]c(N4CCOCC4)c4c(c32)CCCC4)c1=O. The lowest BCUT2D eigenvalue weighted by atomic mass is 9.90. The molecule has 0 amide bonds. The Kier molecular flexibility index (Phi) is 4.84. The number of hydrogen-bond donors (Lipinski definition) is 0. The highest BCUT2D eigenvalue weighted by atomic mass is 32.1. The molecule has 0 unspecified atom stereocenters. The zero-order valence-electron chi connectivity index (χ0n) is 18.0. The molecule has 1 aromatic carbocycles. The fourth-order valence-corrected chi connectivity index (χ4v) is 6.13. The van der Waals surface area contributed by atoms with E-state index in [0.29, 0.717) is 16.1 Å². The highest BCUT2D eigenvalue weighted by molar-refractivity contribution is 7.25. The number of hydrogen-bond acceptors (Lipinski definition) is 6. The molecule has 1 aliphatic heterocycles. The second kappa shape index (κ2) is 7.86. The molecule has 0 bridgehead atoms. The largest absolute Gasteiger partial charge is 0.495 e. The number of aromatic amines is 1. The Hall–Kier alpha value is -2.97. The molecule has 164 valence electrons. The summed E-state index contributed by atoms with van der Waals surface area (Å²) in [6.45, 7) is 3.27. The number of thiophene rings is 1. The van der Waals surface area contributed by atoms with Gasteiger partial charge in [-0.1, -0.05) is 23.5 Å². The average molecular weight is 450 g/mol. The van der Waals surface area contributed by atoms with Gasteiger partial charge in [-0.05, 0) is 43.4 Å². The molecule has 3 aromatic heterocycles. The second-order valence-corrected chi connectivity index (χ2v) is 9.33. The van der Waals surface area contributed by atoms with Crippen LogP contribution in [0.5, 0.6) is 5.75 Å². The summed E-state index contributed by atoms with van der Waals surface area (Å²) >= 11 is 1.51. The summed E-state index contributed by atoms with van der Waals surface area (Å²) in [7, 11) is 1.61. The van der Waals surface area contributed by atoms with Crippen molar-refractivity contribution in [3.05, 3.63) is 52.1 Å². The summed E-state index contributed by atoms with van der Waals surface area (Å²) < 4.78 is 13.3. The van der Waals surface area contributed by atoms with Crippen LogP contribution in [0.4, 0.5) is 5.82 Å². The first-order valence-electron chi connectivity index (χ1n) is 11.1. The number of rotatable bonds is 3. The standard InChI is InChI=1S/C24H24N4O3S/c1-30-18-9-5-4-8-17(18)28-14-25-20-19-15-6-2-3-7-16(15)22(27-10-12-31-13-11-27)26-23(19)32-21(20)24(28)29/h4-5,8-9,14H,2-3,6-7,10-13H2,1H3/p+1. The Labute approximate surface area is 189 Å². The normalized spacial score (nSPS) is 16.5. The van der Waals surface area contributed by atoms with Crippen molar-refractivity contribution in [2.75, 3.05) is 38.3 Å². The predicted molar refractivity (Wildman–Crippen MR) is 126 cm³/mol. The molecule has 0 spiro atoms. The van der Waals surface area contributed by atoms with Crippen LogP contribution in [0.25, 0.3) is 26.1 Å². The Morgan fingerprint density at radius 3 is 2.72 bits per heavy atom. The fourth-order valence-electron chi connectivity index (χ4n) is 5.02. The van der Waals surface area contributed by atoms with E-state index in [4.69, 9.17) is 14.5 Å². The van der Waals surface area contributed by atoms with Gasteiger partial charge in [-0.2, -0.15) is 0 Å². The third kappa shape index (κ3) is 3.01. The topological polar surface area (TPSA) is 70.7 Å². The van der Waals surface area contributed by atoms with E-state index in [1.807, 2.05) is 24.3 Å². The van der Waals surface area contributed by atoms with Crippen molar-refractivity contribution < 1.29 is 14.5 Å². The van der Waals surface area contributed by atoms with Crippen molar-refractivity contribution in [3.63, 3.8) is 0 Å². The number of nitrogens with one attached hydrogen (secondary N) is 1. The monoisotopic (exact) mass is 449 g/mol. The minimum atomic E-state index is -0.0634. The van der Waals surface area contributed by atoms with Crippen molar-refractivity contribution in [1.82, 2.24) is 9.55 Å². The van der Waals surface area contributed by atoms with Crippen molar-refractivity contribution >= 4 is 37.6 Å². The summed E-state index contributed by atoms with van der Waals surface area (Å²) in [5.74, 6) is 1.85. The molecule has 1 N–H and O–H groups in total. The lowest BCUT2D eigenvalue weighted by molar-refractivity contribution is -0.328. The van der Waals surface area contributed by atoms with Gasteiger partial charge in [0.15, 0.2) is 4.83 Å². The number of ether oxygens (including phenoxy) is 2. The van der Waals surface area contributed by atoms with E-state index in [-0.39, 0.29) is 5.56 Å². The molecule has 1 fully saturated rings. The number of para-hydroxylation sites is 2. The minimum absolute atomic E-state index is 0.0634. The summed E-state index contributed by atoms with van der Waals surface area (Å²) in [6, 6.07) is 7.53. The van der Waals surface area contributed by atoms with Gasteiger partial charge in [0, 0.05) is 5.56 Å². The lowest BCUT2D eigenvalue weighted by Crippen LogP contribution is -2.40. The average Bonchev–Trinajstić information content (AvgIpc) is 3.24. The van der Waals surface area contributed by atoms with Crippen molar-refractivity contribution in [3.8, 4) is 11.4 Å². The molecule has 0 atom stereocenters. The smallest absolute Gasteiger partial charge is 0.279 e. The maximum absolute atomic E-state index is 13.6. The van der Waals surface area contributed by atoms with Gasteiger partial charge < -0.3 is 9.47 Å². The van der Waals surface area contributed by atoms with Crippen LogP contribution in [0.2, 0.25) is 0 Å². The number of H-pyrrole nitrogens is 1. The first kappa shape index (κ1) is 19.7. The number of nitrogens with zero attached hydrogens (tertiary/aromatic N) is 3. The van der Waals surface area contributed by atoms with Crippen LogP contribution >= 0.6 is 11.3 Å². The number of morpholine rings is 1. The van der Waals surface area contributed by atoms with E-state index in [1.165, 1.54) is 41.1 Å². The van der Waals surface area contributed by atoms with Crippen LogP contribution in [-0.4, -0.2) is 43.0 Å². The molecule has 7 nitrogen and oxygen atoms in total. The fraction of sp³-hybridized carbons (Fsp3) is 0.375. The number of aromatic nitrogens is 3. The number of benzene rings is 1. The highest BCUT2D eigenvalue weighted by Crippen LogP contribution is 2.38. The van der Waals surface area contributed by atoms with E-state index in [2.05, 4.69) is 9.88 Å². The first-order valence-corrected chi connectivity index (χ1v) is 11.9. The van der Waals surface area contributed by atoms with Gasteiger partial charge in [0.1, 0.15) is 35.4 Å². The summed E-state index contributed by atoms with van der Waals surface area (Å²) in [5.41, 5.74) is 4.20. The Morgan fingerprint density at radius 1 is 1.12 bits per heavy atom. The molecule has 2 aliphatic rings. The Morgan fingerprint density at radius 2 is 1.91 bits per heavy atom. The van der Waals surface area contributed by atoms with Gasteiger partial charge in [-0.3, -0.25) is 14.3 Å². The quantitative estimate of drug-likeness (QED) is 0.481. The van der Waals surface area contributed by atoms with Gasteiger partial charge in [0.25, 0.3) is 11.4 Å². The van der Waals surface area contributed by atoms with Crippen LogP contribution in [0.15, 0.2) is 35.4 Å². The van der Waals surface area contributed by atoms with Gasteiger partial charge in [-0.25, -0.2) is 9.97 Å². The van der Waals surface area contributed by atoms with Crippen LogP contribution < -0.4 is 20.2 Å². The molecule has 1 saturated heterocycles. The molecule has 8 heteroatoms. The first-order chi connectivity index (χ1) is 15.8. The van der Waals surface area contributed by atoms with Gasteiger partial charge in [0.05, 0.1) is 31.4 Å². The molecule has 6 rings (SSSR count).